The van der Waals surface area contributed by atoms with Gasteiger partial charge < -0.3 is 8.85 Å². The maximum absolute atomic E-state index is 12.4. The molecule has 0 radical (unpaired) electrons. The summed E-state index contributed by atoms with van der Waals surface area (Å²) in [7, 11) is -5.60. The van der Waals surface area contributed by atoms with Gasteiger partial charge >= 0.3 is 0 Å². The number of pyridine rings is 2. The average Bonchev–Trinajstić information content (AvgIpc) is 3.43. The van der Waals surface area contributed by atoms with Gasteiger partial charge in [0.15, 0.2) is 14.1 Å². The summed E-state index contributed by atoms with van der Waals surface area (Å²) < 4.78 is 27.3. The zero-order chi connectivity index (χ0) is 36.6. The van der Waals surface area contributed by atoms with Crippen molar-refractivity contribution in [3.8, 4) is 22.8 Å². The third kappa shape index (κ3) is 8.97. The molecule has 0 aliphatic carbocycles. The predicted molar refractivity (Wildman–Crippen MR) is 211 cm³/mol. The summed E-state index contributed by atoms with van der Waals surface area (Å²) in [5, 5.41) is 11.8. The number of rotatable bonds is 13. The third-order valence-electron chi connectivity index (χ3n) is 10.6. The molecule has 3 heterocycles. The number of nitrogens with two attached hydrogens (primary N) is 1. The summed E-state index contributed by atoms with van der Waals surface area (Å²) in [6.45, 7) is 29.1. The number of hydrogen-bond donors (Lipinski definition) is 1. The molecule has 268 valence electrons. The van der Waals surface area contributed by atoms with Crippen molar-refractivity contribution in [3.05, 3.63) is 66.1 Å². The van der Waals surface area contributed by atoms with E-state index >= 15 is 0 Å². The lowest BCUT2D eigenvalue weighted by Gasteiger charge is -2.36. The van der Waals surface area contributed by atoms with E-state index in [4.69, 9.17) is 29.1 Å². The van der Waals surface area contributed by atoms with E-state index < -0.39 is 32.4 Å². The van der Waals surface area contributed by atoms with Crippen LogP contribution in [0.25, 0.3) is 28.0 Å². The zero-order valence-corrected chi connectivity index (χ0v) is 34.9. The van der Waals surface area contributed by atoms with Gasteiger partial charge in [-0.05, 0) is 99.4 Å². The Kier molecular flexibility index (Phi) is 11.6. The van der Waals surface area contributed by atoms with Crippen molar-refractivity contribution in [1.82, 2.24) is 19.7 Å². The van der Waals surface area contributed by atoms with E-state index in [1.807, 2.05) is 49.0 Å². The predicted octanol–water partition coefficient (Wildman–Crippen LogP) is 10.1. The van der Waals surface area contributed by atoms with Crippen molar-refractivity contribution < 1.29 is 13.1 Å². The van der Waals surface area contributed by atoms with E-state index in [1.165, 1.54) is 0 Å². The summed E-state index contributed by atoms with van der Waals surface area (Å²) >= 11 is 0. The Morgan fingerprint density at radius 1 is 0.898 bits per heavy atom. The number of aromatic nitrogens is 4. The molecule has 11 heteroatoms. The van der Waals surface area contributed by atoms with Gasteiger partial charge in [0, 0.05) is 17.2 Å². The van der Waals surface area contributed by atoms with Crippen LogP contribution in [0.2, 0.25) is 36.3 Å². The number of fused-ring (bicyclic) bond motifs is 1. The van der Waals surface area contributed by atoms with Crippen LogP contribution in [0.3, 0.4) is 0 Å². The first-order chi connectivity index (χ1) is 22.6. The van der Waals surface area contributed by atoms with Crippen LogP contribution < -0.4 is 9.56 Å². The van der Waals surface area contributed by atoms with Gasteiger partial charge in [-0.3, -0.25) is 10.1 Å². The van der Waals surface area contributed by atoms with Gasteiger partial charge in [-0.2, -0.15) is 5.10 Å². The van der Waals surface area contributed by atoms with Crippen LogP contribution in [-0.2, 0) is 22.0 Å². The van der Waals surface area contributed by atoms with Gasteiger partial charge in [0.1, 0.15) is 5.75 Å². The van der Waals surface area contributed by atoms with Crippen LogP contribution in [-0.4, -0.2) is 45.3 Å². The summed E-state index contributed by atoms with van der Waals surface area (Å²) in [6, 6.07) is 16.5. The number of hydrogen-bond acceptors (Lipinski definition) is 6. The molecule has 2 atom stereocenters. The van der Waals surface area contributed by atoms with Crippen LogP contribution in [0, 0.1) is 0 Å². The fraction of sp³-hybridized carbons (Fsp3) is 0.553. The lowest BCUT2D eigenvalue weighted by molar-refractivity contribution is 0.272. The Labute approximate surface area is 299 Å². The highest BCUT2D eigenvalue weighted by Crippen LogP contribution is 2.42. The monoisotopic (exact) mass is 721 g/mol. The van der Waals surface area contributed by atoms with Crippen molar-refractivity contribution in [2.75, 3.05) is 0 Å². The van der Waals surface area contributed by atoms with Crippen molar-refractivity contribution in [3.63, 3.8) is 0 Å². The Bertz CT molecular complexity index is 1790. The van der Waals surface area contributed by atoms with Crippen LogP contribution in [0.5, 0.6) is 5.75 Å². The minimum absolute atomic E-state index is 0.00672. The molecule has 8 nitrogen and oxygen atoms in total. The van der Waals surface area contributed by atoms with Crippen LogP contribution in [0.1, 0.15) is 98.9 Å². The topological polar surface area (TPSA) is 105 Å². The van der Waals surface area contributed by atoms with Crippen molar-refractivity contribution in [2.45, 2.75) is 135 Å². The quantitative estimate of drug-likeness (QED) is 0.138. The molecule has 0 spiro atoms. The highest BCUT2D eigenvalue weighted by Gasteiger charge is 2.40. The van der Waals surface area contributed by atoms with E-state index in [1.54, 1.807) is 0 Å². The highest BCUT2D eigenvalue weighted by atomic mass is 32.2. The molecule has 0 saturated carbocycles. The van der Waals surface area contributed by atoms with Crippen LogP contribution in [0.15, 0.2) is 54.7 Å². The van der Waals surface area contributed by atoms with Crippen molar-refractivity contribution in [1.29, 1.82) is 0 Å². The standard InChI is InChI=1S/C38H59N5O3SSi2/c1-14-17-27(24-38(8,9)47(39)44)31-19-16-20-32(42-31)28-22-33-30(34(23-28)46-49(12,13)37(5,6)7)25-40-43(33)35-21-15-18-29(41-35)26-45-48(10,11)36(2,3)4/h15-16,18-23,25,27H,14,17,24,26,39H2,1-13H3/t27-,47?/m0/s1. The van der Waals surface area contributed by atoms with Crippen LogP contribution >= 0.6 is 0 Å². The zero-order valence-electron chi connectivity index (χ0n) is 32.1. The van der Waals surface area contributed by atoms with E-state index in [-0.39, 0.29) is 16.0 Å². The van der Waals surface area contributed by atoms with Crippen molar-refractivity contribution >= 4 is 38.5 Å². The SMILES string of the molecule is CCC[C@@H](CC(C)(C)S(N)=O)c1cccc(-c2cc(O[Si](C)(C)C(C)(C)C)c3cnn(-c4cccc(CO[Si](C)(C)C(C)(C)C)n4)c3c2)n1. The lowest BCUT2D eigenvalue weighted by Crippen LogP contribution is -2.43. The molecule has 3 aromatic heterocycles. The van der Waals surface area contributed by atoms with E-state index in [2.05, 4.69) is 98.9 Å². The highest BCUT2D eigenvalue weighted by molar-refractivity contribution is 7.84. The van der Waals surface area contributed by atoms with Gasteiger partial charge in [-0.15, -0.1) is 0 Å². The molecule has 0 fully saturated rings. The first-order valence-electron chi connectivity index (χ1n) is 17.5. The molecule has 4 aromatic rings. The molecule has 0 saturated heterocycles. The second-order valence-electron chi connectivity index (χ2n) is 17.1. The fourth-order valence-corrected chi connectivity index (χ4v) is 7.62. The Morgan fingerprint density at radius 2 is 1.55 bits per heavy atom. The summed E-state index contributed by atoms with van der Waals surface area (Å²) in [5.41, 5.74) is 4.55. The molecule has 49 heavy (non-hydrogen) atoms. The Balaban J connectivity index is 1.84. The second-order valence-corrected chi connectivity index (χ2v) is 28.3. The third-order valence-corrected chi connectivity index (χ3v) is 20.7. The minimum atomic E-state index is -2.21. The lowest BCUT2D eigenvalue weighted by atomic mass is 9.89. The molecule has 1 aromatic carbocycles. The van der Waals surface area contributed by atoms with Gasteiger partial charge in [-0.25, -0.2) is 13.9 Å². The Morgan fingerprint density at radius 3 is 2.16 bits per heavy atom. The smallest absolute Gasteiger partial charge is 0.250 e. The molecule has 0 amide bonds. The van der Waals surface area contributed by atoms with Gasteiger partial charge in [0.25, 0.3) is 8.32 Å². The summed E-state index contributed by atoms with van der Waals surface area (Å²) in [4.78, 5) is 10.2. The molecule has 1 unspecified atom stereocenters. The number of nitrogens with zero attached hydrogens (tertiary/aromatic N) is 4. The largest absolute Gasteiger partial charge is 0.543 e. The molecule has 0 aliphatic rings. The van der Waals surface area contributed by atoms with E-state index in [0.29, 0.717) is 13.0 Å². The van der Waals surface area contributed by atoms with E-state index in [0.717, 1.165) is 58.0 Å². The van der Waals surface area contributed by atoms with Crippen molar-refractivity contribution in [2.24, 2.45) is 5.14 Å². The fourth-order valence-electron chi connectivity index (χ4n) is 5.29. The molecular weight excluding hydrogens is 663 g/mol. The molecule has 0 bridgehead atoms. The first kappa shape index (κ1) is 39.1. The first-order valence-corrected chi connectivity index (χ1v) is 24.5. The van der Waals surface area contributed by atoms with Crippen LogP contribution in [0.4, 0.5) is 0 Å². The number of benzene rings is 1. The molecule has 0 aliphatic heterocycles. The summed E-state index contributed by atoms with van der Waals surface area (Å²) in [5.74, 6) is 1.66. The van der Waals surface area contributed by atoms with Gasteiger partial charge in [0.2, 0.25) is 0 Å². The second kappa shape index (κ2) is 14.5. The molecular formula is C38H59N5O3SSi2. The normalized spacial score (nSPS) is 14.7. The molecule has 4 rings (SSSR count). The van der Waals surface area contributed by atoms with E-state index in [9.17, 15) is 4.21 Å². The Hall–Kier alpha value is -2.71. The summed E-state index contributed by atoms with van der Waals surface area (Å²) in [6.07, 6.45) is 4.50. The minimum Gasteiger partial charge on any atom is -0.543 e. The average molecular weight is 722 g/mol. The van der Waals surface area contributed by atoms with Gasteiger partial charge in [0.05, 0.1) is 50.8 Å². The molecule has 2 N–H and O–H groups in total. The maximum Gasteiger partial charge on any atom is 0.250 e. The van der Waals surface area contributed by atoms with Gasteiger partial charge in [-0.1, -0.05) is 67.0 Å². The maximum atomic E-state index is 12.4.